The fourth-order valence-electron chi connectivity index (χ4n) is 0.450. The van der Waals surface area contributed by atoms with E-state index in [1.807, 2.05) is 6.92 Å². The molecular weight excluding hydrogens is 144 g/mol. The zero-order chi connectivity index (χ0) is 8.53. The normalized spacial score (nSPS) is 14.5. The summed E-state index contributed by atoms with van der Waals surface area (Å²) < 4.78 is 4.87. The lowest BCUT2D eigenvalue weighted by Gasteiger charge is -1.95. The number of hydrogen-bond donors (Lipinski definition) is 2. The van der Waals surface area contributed by atoms with Gasteiger partial charge in [0, 0.05) is 0 Å². The van der Waals surface area contributed by atoms with E-state index in [2.05, 4.69) is 0 Å². The number of rotatable bonds is 5. The summed E-state index contributed by atoms with van der Waals surface area (Å²) in [4.78, 5) is 0. The highest BCUT2D eigenvalue weighted by atomic mass is 16.5. The van der Waals surface area contributed by atoms with Crippen LogP contribution in [0.15, 0.2) is 24.5 Å². The van der Waals surface area contributed by atoms with Crippen LogP contribution in [-0.2, 0) is 4.74 Å². The predicted molar refractivity (Wildman–Crippen MR) is 43.0 cm³/mol. The Balaban J connectivity index is 3.42. The molecule has 64 valence electrons. The first kappa shape index (κ1) is 10.2. The first-order valence-corrected chi connectivity index (χ1v) is 3.55. The molecule has 0 radical (unpaired) electrons. The molecule has 0 spiro atoms. The summed E-state index contributed by atoms with van der Waals surface area (Å²) in [6, 6.07) is 0. The molecule has 0 aliphatic heterocycles. The molecule has 0 fully saturated rings. The molecule has 0 aromatic heterocycles. The highest BCUT2D eigenvalue weighted by Crippen LogP contribution is 1.85. The zero-order valence-corrected chi connectivity index (χ0v) is 6.60. The molecule has 0 aliphatic rings. The van der Waals surface area contributed by atoms with Gasteiger partial charge in [0.15, 0.2) is 0 Å². The molecule has 0 amide bonds. The van der Waals surface area contributed by atoms with Gasteiger partial charge >= 0.3 is 0 Å². The van der Waals surface area contributed by atoms with Crippen molar-refractivity contribution in [1.29, 1.82) is 0 Å². The second kappa shape index (κ2) is 7.31. The maximum Gasteiger partial charge on any atom is 0.0954 e. The van der Waals surface area contributed by atoms with E-state index in [1.54, 1.807) is 12.2 Å². The molecule has 3 heteroatoms. The number of aliphatic hydroxyl groups excluding tert-OH is 2. The number of allylic oxidation sites excluding steroid dienone is 2. The molecule has 2 N–H and O–H groups in total. The SMILES string of the molecule is CCO/C=C/C=C\C(O)CO. The predicted octanol–water partition coefficient (Wildman–Crippen LogP) is 0.446. The third-order valence-electron chi connectivity index (χ3n) is 0.973. The highest BCUT2D eigenvalue weighted by molar-refractivity contribution is 5.02. The molecule has 0 bridgehead atoms. The molecular formula is C8H14O3. The quantitative estimate of drug-likeness (QED) is 0.451. The fraction of sp³-hybridized carbons (Fsp3) is 0.500. The molecule has 0 heterocycles. The van der Waals surface area contributed by atoms with Gasteiger partial charge in [0.05, 0.1) is 25.6 Å². The maximum absolute atomic E-state index is 8.80. The van der Waals surface area contributed by atoms with E-state index in [1.165, 1.54) is 12.3 Å². The van der Waals surface area contributed by atoms with Crippen molar-refractivity contribution >= 4 is 0 Å². The van der Waals surface area contributed by atoms with Gasteiger partial charge in [-0.1, -0.05) is 12.2 Å². The Morgan fingerprint density at radius 2 is 2.18 bits per heavy atom. The smallest absolute Gasteiger partial charge is 0.0954 e. The van der Waals surface area contributed by atoms with E-state index in [0.29, 0.717) is 6.61 Å². The lowest BCUT2D eigenvalue weighted by atomic mass is 10.3. The average molecular weight is 158 g/mol. The highest BCUT2D eigenvalue weighted by Gasteiger charge is 1.90. The van der Waals surface area contributed by atoms with Crippen LogP contribution in [0.4, 0.5) is 0 Å². The Bertz CT molecular complexity index is 129. The molecule has 1 unspecified atom stereocenters. The van der Waals surface area contributed by atoms with Crippen molar-refractivity contribution in [2.75, 3.05) is 13.2 Å². The topological polar surface area (TPSA) is 49.7 Å². The van der Waals surface area contributed by atoms with E-state index in [4.69, 9.17) is 14.9 Å². The Hall–Kier alpha value is -0.800. The Kier molecular flexibility index (Phi) is 6.78. The molecule has 0 saturated carbocycles. The van der Waals surface area contributed by atoms with Gasteiger partial charge < -0.3 is 14.9 Å². The summed E-state index contributed by atoms with van der Waals surface area (Å²) in [5.41, 5.74) is 0. The fourth-order valence-corrected chi connectivity index (χ4v) is 0.450. The zero-order valence-electron chi connectivity index (χ0n) is 6.60. The molecule has 0 aromatic rings. The summed E-state index contributed by atoms with van der Waals surface area (Å²) in [6.45, 7) is 2.27. The van der Waals surface area contributed by atoms with Gasteiger partial charge in [0.2, 0.25) is 0 Å². The van der Waals surface area contributed by atoms with E-state index in [9.17, 15) is 0 Å². The van der Waals surface area contributed by atoms with Gasteiger partial charge in [-0.05, 0) is 13.0 Å². The van der Waals surface area contributed by atoms with Crippen LogP contribution in [0.2, 0.25) is 0 Å². The van der Waals surface area contributed by atoms with Crippen LogP contribution >= 0.6 is 0 Å². The van der Waals surface area contributed by atoms with E-state index >= 15 is 0 Å². The molecule has 0 saturated heterocycles. The standard InChI is InChI=1S/C8H14O3/c1-2-11-6-4-3-5-8(10)7-9/h3-6,8-10H,2,7H2,1H3/b5-3-,6-4+. The third kappa shape index (κ3) is 7.09. The summed E-state index contributed by atoms with van der Waals surface area (Å²) >= 11 is 0. The Labute approximate surface area is 66.6 Å². The monoisotopic (exact) mass is 158 g/mol. The summed E-state index contributed by atoms with van der Waals surface area (Å²) in [5, 5.41) is 17.2. The van der Waals surface area contributed by atoms with Crippen molar-refractivity contribution in [1.82, 2.24) is 0 Å². The van der Waals surface area contributed by atoms with Gasteiger partial charge in [-0.15, -0.1) is 0 Å². The van der Waals surface area contributed by atoms with Crippen LogP contribution in [0.3, 0.4) is 0 Å². The summed E-state index contributed by atoms with van der Waals surface area (Å²) in [5.74, 6) is 0. The molecule has 0 aliphatic carbocycles. The van der Waals surface area contributed by atoms with E-state index in [-0.39, 0.29) is 6.61 Å². The molecule has 0 aromatic carbocycles. The third-order valence-corrected chi connectivity index (χ3v) is 0.973. The maximum atomic E-state index is 8.80. The van der Waals surface area contributed by atoms with Gasteiger partial charge in [-0.3, -0.25) is 0 Å². The van der Waals surface area contributed by atoms with Crippen molar-refractivity contribution in [3.05, 3.63) is 24.5 Å². The second-order valence-corrected chi connectivity index (χ2v) is 1.92. The molecule has 1 atom stereocenters. The Morgan fingerprint density at radius 1 is 1.45 bits per heavy atom. The number of aliphatic hydroxyl groups is 2. The molecule has 11 heavy (non-hydrogen) atoms. The van der Waals surface area contributed by atoms with Gasteiger partial charge in [0.1, 0.15) is 0 Å². The summed E-state index contributed by atoms with van der Waals surface area (Å²) in [7, 11) is 0. The van der Waals surface area contributed by atoms with Crippen molar-refractivity contribution in [2.45, 2.75) is 13.0 Å². The van der Waals surface area contributed by atoms with Crippen LogP contribution in [0.5, 0.6) is 0 Å². The first-order chi connectivity index (χ1) is 5.31. The van der Waals surface area contributed by atoms with Gasteiger partial charge in [-0.2, -0.15) is 0 Å². The van der Waals surface area contributed by atoms with Crippen LogP contribution in [0.25, 0.3) is 0 Å². The minimum atomic E-state index is -0.777. The summed E-state index contributed by atoms with van der Waals surface area (Å²) in [6.07, 6.45) is 5.51. The van der Waals surface area contributed by atoms with Gasteiger partial charge in [-0.25, -0.2) is 0 Å². The van der Waals surface area contributed by atoms with Gasteiger partial charge in [0.25, 0.3) is 0 Å². The Morgan fingerprint density at radius 3 is 2.73 bits per heavy atom. The number of hydrogen-bond acceptors (Lipinski definition) is 3. The lowest BCUT2D eigenvalue weighted by Crippen LogP contribution is -2.06. The van der Waals surface area contributed by atoms with E-state index in [0.717, 1.165) is 0 Å². The number of ether oxygens (including phenoxy) is 1. The van der Waals surface area contributed by atoms with Crippen molar-refractivity contribution in [2.24, 2.45) is 0 Å². The van der Waals surface area contributed by atoms with Crippen LogP contribution in [-0.4, -0.2) is 29.5 Å². The van der Waals surface area contributed by atoms with Crippen molar-refractivity contribution in [3.8, 4) is 0 Å². The molecule has 0 rings (SSSR count). The first-order valence-electron chi connectivity index (χ1n) is 3.55. The van der Waals surface area contributed by atoms with Crippen LogP contribution < -0.4 is 0 Å². The average Bonchev–Trinajstić information content (AvgIpc) is 2.04. The minimum absolute atomic E-state index is 0.251. The lowest BCUT2D eigenvalue weighted by molar-refractivity contribution is 0.131. The molecule has 3 nitrogen and oxygen atoms in total. The van der Waals surface area contributed by atoms with Crippen molar-refractivity contribution < 1.29 is 14.9 Å². The van der Waals surface area contributed by atoms with Crippen molar-refractivity contribution in [3.63, 3.8) is 0 Å². The second-order valence-electron chi connectivity index (χ2n) is 1.92. The van der Waals surface area contributed by atoms with Crippen LogP contribution in [0.1, 0.15) is 6.92 Å². The largest absolute Gasteiger partial charge is 0.501 e. The van der Waals surface area contributed by atoms with E-state index < -0.39 is 6.10 Å². The van der Waals surface area contributed by atoms with Crippen LogP contribution in [0, 0.1) is 0 Å². The minimum Gasteiger partial charge on any atom is -0.501 e.